The molecule has 1 atom stereocenters. The highest BCUT2D eigenvalue weighted by atomic mass is 16.4. The van der Waals surface area contributed by atoms with Gasteiger partial charge in [-0.1, -0.05) is 6.07 Å². The van der Waals surface area contributed by atoms with Gasteiger partial charge in [0, 0.05) is 25.7 Å². The maximum absolute atomic E-state index is 11.1. The van der Waals surface area contributed by atoms with Crippen LogP contribution in [0, 0.1) is 6.92 Å². The zero-order valence-electron chi connectivity index (χ0n) is 10.5. The molecule has 0 aromatic carbocycles. The van der Waals surface area contributed by atoms with E-state index in [0.717, 1.165) is 17.9 Å². The van der Waals surface area contributed by atoms with E-state index in [4.69, 9.17) is 5.11 Å². The lowest BCUT2D eigenvalue weighted by Crippen LogP contribution is -2.39. The van der Waals surface area contributed by atoms with E-state index in [1.54, 1.807) is 6.20 Å². The Balaban J connectivity index is 2.15. The van der Waals surface area contributed by atoms with Crippen LogP contribution in [-0.2, 0) is 4.79 Å². The average molecular weight is 250 g/mol. The molecule has 1 aliphatic rings. The summed E-state index contributed by atoms with van der Waals surface area (Å²) >= 11 is 0. The number of rotatable bonds is 2. The summed E-state index contributed by atoms with van der Waals surface area (Å²) in [6, 6.07) is 3.86. The molecule has 2 heterocycles. The van der Waals surface area contributed by atoms with Crippen molar-refractivity contribution in [2.45, 2.75) is 31.8 Å². The zero-order chi connectivity index (χ0) is 13.2. The third-order valence-electron chi connectivity index (χ3n) is 3.49. The minimum atomic E-state index is -1.59. The largest absolute Gasteiger partial charge is 0.479 e. The smallest absolute Gasteiger partial charge is 0.335 e. The van der Waals surface area contributed by atoms with Crippen LogP contribution in [0.1, 0.15) is 24.8 Å². The first-order chi connectivity index (χ1) is 8.53. The molecule has 0 bridgehead atoms. The van der Waals surface area contributed by atoms with Crippen molar-refractivity contribution >= 4 is 11.8 Å². The SMILES string of the molecule is Cc1cccnc1N1CCCC(O)(C(=O)O)CC1. The third-order valence-corrected chi connectivity index (χ3v) is 3.49. The maximum Gasteiger partial charge on any atom is 0.335 e. The number of carboxylic acids is 1. The Morgan fingerprint density at radius 1 is 1.44 bits per heavy atom. The van der Waals surface area contributed by atoms with Gasteiger partial charge in [-0.05, 0) is 31.4 Å². The van der Waals surface area contributed by atoms with Gasteiger partial charge in [-0.25, -0.2) is 9.78 Å². The standard InChI is InChI=1S/C13H18N2O3/c1-10-4-2-7-14-11(10)15-8-3-5-13(18,6-9-15)12(16)17/h2,4,7,18H,3,5-6,8-9H2,1H3,(H,16,17). The van der Waals surface area contributed by atoms with Crippen molar-refractivity contribution in [1.29, 1.82) is 0 Å². The van der Waals surface area contributed by atoms with Gasteiger partial charge in [0.25, 0.3) is 0 Å². The second kappa shape index (κ2) is 4.94. The van der Waals surface area contributed by atoms with E-state index in [2.05, 4.69) is 9.88 Å². The lowest BCUT2D eigenvalue weighted by atomic mass is 9.95. The van der Waals surface area contributed by atoms with Crippen LogP contribution in [0.25, 0.3) is 0 Å². The molecule has 2 N–H and O–H groups in total. The van der Waals surface area contributed by atoms with E-state index in [1.165, 1.54) is 0 Å². The molecule has 98 valence electrons. The fourth-order valence-electron chi connectivity index (χ4n) is 2.35. The molecule has 1 unspecified atom stereocenters. The summed E-state index contributed by atoms with van der Waals surface area (Å²) in [5.41, 5.74) is -0.518. The number of aryl methyl sites for hydroxylation is 1. The monoisotopic (exact) mass is 250 g/mol. The van der Waals surface area contributed by atoms with Gasteiger partial charge in [-0.2, -0.15) is 0 Å². The number of aromatic nitrogens is 1. The first kappa shape index (κ1) is 12.8. The molecule has 0 spiro atoms. The predicted molar refractivity (Wildman–Crippen MR) is 67.6 cm³/mol. The Kier molecular flexibility index (Phi) is 3.52. The Morgan fingerprint density at radius 3 is 2.89 bits per heavy atom. The fourth-order valence-corrected chi connectivity index (χ4v) is 2.35. The molecule has 1 fully saturated rings. The first-order valence-electron chi connectivity index (χ1n) is 6.15. The van der Waals surface area contributed by atoms with E-state index >= 15 is 0 Å². The Labute approximate surface area is 106 Å². The minimum absolute atomic E-state index is 0.234. The summed E-state index contributed by atoms with van der Waals surface area (Å²) in [6.07, 6.45) is 2.92. The highest BCUT2D eigenvalue weighted by Gasteiger charge is 2.37. The number of pyridine rings is 1. The van der Waals surface area contributed by atoms with Crippen molar-refractivity contribution in [2.75, 3.05) is 18.0 Å². The van der Waals surface area contributed by atoms with Gasteiger partial charge in [0.05, 0.1) is 0 Å². The lowest BCUT2D eigenvalue weighted by Gasteiger charge is -2.24. The number of carbonyl (C=O) groups is 1. The summed E-state index contributed by atoms with van der Waals surface area (Å²) < 4.78 is 0. The van der Waals surface area contributed by atoms with Gasteiger partial charge in [-0.15, -0.1) is 0 Å². The molecule has 1 saturated heterocycles. The van der Waals surface area contributed by atoms with E-state index in [1.807, 2.05) is 19.1 Å². The van der Waals surface area contributed by atoms with Gasteiger partial charge in [-0.3, -0.25) is 0 Å². The van der Waals surface area contributed by atoms with E-state index < -0.39 is 11.6 Å². The molecule has 1 aromatic rings. The molecular weight excluding hydrogens is 232 g/mol. The van der Waals surface area contributed by atoms with Crippen LogP contribution in [0.15, 0.2) is 18.3 Å². The molecule has 5 heteroatoms. The molecule has 5 nitrogen and oxygen atoms in total. The lowest BCUT2D eigenvalue weighted by molar-refractivity contribution is -0.159. The summed E-state index contributed by atoms with van der Waals surface area (Å²) in [5.74, 6) is -0.241. The number of carboxylic acid groups (broad SMARTS) is 1. The number of aliphatic carboxylic acids is 1. The highest BCUT2D eigenvalue weighted by molar-refractivity contribution is 5.77. The van der Waals surface area contributed by atoms with Crippen molar-refractivity contribution in [3.63, 3.8) is 0 Å². The van der Waals surface area contributed by atoms with E-state index in [0.29, 0.717) is 19.4 Å². The molecule has 0 saturated carbocycles. The molecule has 0 radical (unpaired) electrons. The van der Waals surface area contributed by atoms with Gasteiger partial charge in [0.15, 0.2) is 5.60 Å². The summed E-state index contributed by atoms with van der Waals surface area (Å²) in [6.45, 7) is 3.23. The Hall–Kier alpha value is -1.62. The number of nitrogens with zero attached hydrogens (tertiary/aromatic N) is 2. The molecule has 18 heavy (non-hydrogen) atoms. The van der Waals surface area contributed by atoms with Crippen LogP contribution in [-0.4, -0.2) is 39.9 Å². The van der Waals surface area contributed by atoms with Crippen LogP contribution in [0.3, 0.4) is 0 Å². The third kappa shape index (κ3) is 2.46. The number of hydrogen-bond acceptors (Lipinski definition) is 4. The van der Waals surface area contributed by atoms with E-state index in [-0.39, 0.29) is 6.42 Å². The highest BCUT2D eigenvalue weighted by Crippen LogP contribution is 2.26. The minimum Gasteiger partial charge on any atom is -0.479 e. The van der Waals surface area contributed by atoms with Gasteiger partial charge < -0.3 is 15.1 Å². The topological polar surface area (TPSA) is 73.7 Å². The van der Waals surface area contributed by atoms with Crippen molar-refractivity contribution in [3.8, 4) is 0 Å². The van der Waals surface area contributed by atoms with Crippen LogP contribution < -0.4 is 4.90 Å². The second-order valence-corrected chi connectivity index (χ2v) is 4.82. The molecule has 2 rings (SSSR count). The summed E-state index contributed by atoms with van der Waals surface area (Å²) in [5, 5.41) is 19.1. The van der Waals surface area contributed by atoms with Crippen LogP contribution in [0.5, 0.6) is 0 Å². The van der Waals surface area contributed by atoms with Gasteiger partial charge in [0.2, 0.25) is 0 Å². The predicted octanol–water partition coefficient (Wildman–Crippen LogP) is 1.20. The molecule has 0 aliphatic carbocycles. The number of anilines is 1. The Bertz CT molecular complexity index is 450. The van der Waals surface area contributed by atoms with Crippen LogP contribution >= 0.6 is 0 Å². The molecular formula is C13H18N2O3. The summed E-state index contributed by atoms with van der Waals surface area (Å²) in [4.78, 5) is 17.4. The Morgan fingerprint density at radius 2 is 2.22 bits per heavy atom. The summed E-state index contributed by atoms with van der Waals surface area (Å²) in [7, 11) is 0. The normalized spacial score (nSPS) is 24.7. The van der Waals surface area contributed by atoms with Crippen LogP contribution in [0.2, 0.25) is 0 Å². The first-order valence-corrected chi connectivity index (χ1v) is 6.15. The quantitative estimate of drug-likeness (QED) is 0.825. The van der Waals surface area contributed by atoms with E-state index in [9.17, 15) is 9.90 Å². The molecule has 0 amide bonds. The van der Waals surface area contributed by atoms with Gasteiger partial charge >= 0.3 is 5.97 Å². The van der Waals surface area contributed by atoms with Crippen molar-refractivity contribution in [1.82, 2.24) is 4.98 Å². The maximum atomic E-state index is 11.1. The van der Waals surface area contributed by atoms with Crippen molar-refractivity contribution < 1.29 is 15.0 Å². The number of hydrogen-bond donors (Lipinski definition) is 2. The van der Waals surface area contributed by atoms with Crippen molar-refractivity contribution in [2.24, 2.45) is 0 Å². The molecule has 1 aromatic heterocycles. The average Bonchev–Trinajstić information content (AvgIpc) is 2.53. The van der Waals surface area contributed by atoms with Crippen LogP contribution in [0.4, 0.5) is 5.82 Å². The number of aliphatic hydroxyl groups is 1. The second-order valence-electron chi connectivity index (χ2n) is 4.82. The van der Waals surface area contributed by atoms with Gasteiger partial charge in [0.1, 0.15) is 5.82 Å². The van der Waals surface area contributed by atoms with Crippen molar-refractivity contribution in [3.05, 3.63) is 23.9 Å². The molecule has 1 aliphatic heterocycles. The zero-order valence-corrected chi connectivity index (χ0v) is 10.5. The fraction of sp³-hybridized carbons (Fsp3) is 0.538.